The molecule has 0 heteroatoms. The minimum atomic E-state index is 1.09. The van der Waals surface area contributed by atoms with Crippen LogP contribution in [0.4, 0.5) is 0 Å². The van der Waals surface area contributed by atoms with Gasteiger partial charge in [-0.1, -0.05) is 90.4 Å². The van der Waals surface area contributed by atoms with Crippen molar-refractivity contribution < 1.29 is 0 Å². The van der Waals surface area contributed by atoms with Crippen molar-refractivity contribution in [2.75, 3.05) is 0 Å². The van der Waals surface area contributed by atoms with E-state index in [4.69, 9.17) is 0 Å². The zero-order chi connectivity index (χ0) is 11.9. The predicted octanol–water partition coefficient (Wildman–Crippen LogP) is 5.95. The molecule has 0 heterocycles. The van der Waals surface area contributed by atoms with Crippen LogP contribution < -0.4 is 0 Å². The predicted molar refractivity (Wildman–Crippen MR) is 76.2 cm³/mol. The first-order chi connectivity index (χ1) is 8.38. The Morgan fingerprint density at radius 1 is 0.588 bits per heavy atom. The molecule has 0 aromatic rings. The number of hydrogen-bond donors (Lipinski definition) is 0. The molecule has 0 aromatic carbocycles. The zero-order valence-electron chi connectivity index (χ0n) is 11.9. The molecule has 0 saturated heterocycles. The molecule has 2 aliphatic rings. The molecule has 100 valence electrons. The zero-order valence-corrected chi connectivity index (χ0v) is 11.9. The lowest BCUT2D eigenvalue weighted by molar-refractivity contribution is 0.228. The van der Waals surface area contributed by atoms with Crippen LogP contribution in [0.5, 0.6) is 0 Å². The van der Waals surface area contributed by atoms with Gasteiger partial charge in [0.2, 0.25) is 0 Å². The molecule has 0 bridgehead atoms. The fourth-order valence-electron chi connectivity index (χ4n) is 4.16. The summed E-state index contributed by atoms with van der Waals surface area (Å²) in [5.41, 5.74) is 0. The van der Waals surface area contributed by atoms with E-state index in [-0.39, 0.29) is 0 Å². The Labute approximate surface area is 109 Å². The Balaban J connectivity index is 1.57. The van der Waals surface area contributed by atoms with E-state index in [1.54, 1.807) is 51.4 Å². The van der Waals surface area contributed by atoms with E-state index in [1.807, 2.05) is 0 Å². The van der Waals surface area contributed by atoms with Gasteiger partial charge in [0.05, 0.1) is 0 Å². The summed E-state index contributed by atoms with van der Waals surface area (Å²) in [7, 11) is 0. The van der Waals surface area contributed by atoms with Crippen molar-refractivity contribution in [1.29, 1.82) is 0 Å². The fraction of sp³-hybridized carbons (Fsp3) is 1.00. The first-order valence-corrected chi connectivity index (χ1v) is 8.38. The van der Waals surface area contributed by atoms with Gasteiger partial charge in [-0.2, -0.15) is 0 Å². The summed E-state index contributed by atoms with van der Waals surface area (Å²) in [5.74, 6) is 3.30. The van der Waals surface area contributed by atoms with E-state index in [2.05, 4.69) is 6.92 Å². The van der Waals surface area contributed by atoms with Crippen LogP contribution in [0, 0.1) is 17.8 Å². The van der Waals surface area contributed by atoms with Crippen LogP contribution >= 0.6 is 0 Å². The summed E-state index contributed by atoms with van der Waals surface area (Å²) in [6.07, 6.45) is 19.9. The third-order valence-corrected chi connectivity index (χ3v) is 5.37. The molecule has 0 aromatic heterocycles. The van der Waals surface area contributed by atoms with Gasteiger partial charge in [-0.15, -0.1) is 0 Å². The van der Waals surface area contributed by atoms with Crippen LogP contribution in [0.2, 0.25) is 0 Å². The first kappa shape index (κ1) is 13.4. The number of hydrogen-bond acceptors (Lipinski definition) is 0. The Kier molecular flexibility index (Phi) is 5.88. The maximum absolute atomic E-state index is 2.34. The third kappa shape index (κ3) is 4.64. The molecule has 0 N–H and O–H groups in total. The van der Waals surface area contributed by atoms with Crippen LogP contribution in [0.1, 0.15) is 90.4 Å². The van der Waals surface area contributed by atoms with Crippen molar-refractivity contribution in [3.63, 3.8) is 0 Å². The van der Waals surface area contributed by atoms with Crippen molar-refractivity contribution in [3.8, 4) is 0 Å². The summed E-state index contributed by atoms with van der Waals surface area (Å²) in [6, 6.07) is 0. The van der Waals surface area contributed by atoms with Crippen molar-refractivity contribution in [2.24, 2.45) is 17.8 Å². The summed E-state index contributed by atoms with van der Waals surface area (Å²) in [5, 5.41) is 0. The molecule has 0 aliphatic heterocycles. The van der Waals surface area contributed by atoms with Crippen LogP contribution in [0.3, 0.4) is 0 Å². The lowest BCUT2D eigenvalue weighted by Gasteiger charge is -2.30. The van der Waals surface area contributed by atoms with E-state index in [9.17, 15) is 0 Å². The molecule has 2 fully saturated rings. The Bertz CT molecular complexity index is 182. The van der Waals surface area contributed by atoms with Gasteiger partial charge in [0.25, 0.3) is 0 Å². The normalized spacial score (nSPS) is 31.6. The Morgan fingerprint density at radius 3 is 1.59 bits per heavy atom. The second kappa shape index (κ2) is 7.44. The van der Waals surface area contributed by atoms with Crippen LogP contribution in [0.25, 0.3) is 0 Å². The molecular formula is C17H32. The summed E-state index contributed by atoms with van der Waals surface area (Å²) in [6.45, 7) is 2.34. The summed E-state index contributed by atoms with van der Waals surface area (Å²) >= 11 is 0. The van der Waals surface area contributed by atoms with E-state index in [0.717, 1.165) is 17.8 Å². The highest BCUT2D eigenvalue weighted by molar-refractivity contribution is 4.74. The molecule has 0 amide bonds. The van der Waals surface area contributed by atoms with Crippen molar-refractivity contribution >= 4 is 0 Å². The lowest BCUT2D eigenvalue weighted by atomic mass is 9.76. The molecule has 0 unspecified atom stereocenters. The third-order valence-electron chi connectivity index (χ3n) is 5.37. The van der Waals surface area contributed by atoms with Gasteiger partial charge in [-0.05, 0) is 17.8 Å². The number of rotatable bonds is 5. The lowest BCUT2D eigenvalue weighted by Crippen LogP contribution is -2.16. The van der Waals surface area contributed by atoms with Gasteiger partial charge in [0.1, 0.15) is 0 Å². The highest BCUT2D eigenvalue weighted by atomic mass is 14.3. The minimum absolute atomic E-state index is 1.09. The minimum Gasteiger partial charge on any atom is -0.0654 e. The van der Waals surface area contributed by atoms with Gasteiger partial charge in [0.15, 0.2) is 0 Å². The largest absolute Gasteiger partial charge is 0.0654 e. The van der Waals surface area contributed by atoms with Crippen molar-refractivity contribution in [2.45, 2.75) is 90.4 Å². The molecule has 2 rings (SSSR count). The summed E-state index contributed by atoms with van der Waals surface area (Å²) < 4.78 is 0. The monoisotopic (exact) mass is 236 g/mol. The smallest absolute Gasteiger partial charge is 0.0414 e. The topological polar surface area (TPSA) is 0 Å². The second-order valence-corrected chi connectivity index (χ2v) is 6.76. The van der Waals surface area contributed by atoms with Crippen LogP contribution in [0.15, 0.2) is 0 Å². The highest BCUT2D eigenvalue weighted by Gasteiger charge is 2.22. The fourth-order valence-corrected chi connectivity index (χ4v) is 4.16. The van der Waals surface area contributed by atoms with Crippen molar-refractivity contribution in [1.82, 2.24) is 0 Å². The van der Waals surface area contributed by atoms with E-state index >= 15 is 0 Å². The van der Waals surface area contributed by atoms with E-state index in [1.165, 1.54) is 32.1 Å². The average molecular weight is 236 g/mol. The quantitative estimate of drug-likeness (QED) is 0.553. The van der Waals surface area contributed by atoms with Gasteiger partial charge < -0.3 is 0 Å². The van der Waals surface area contributed by atoms with Crippen LogP contribution in [-0.4, -0.2) is 0 Å². The van der Waals surface area contributed by atoms with Gasteiger partial charge in [-0.3, -0.25) is 0 Å². The summed E-state index contributed by atoms with van der Waals surface area (Å²) in [4.78, 5) is 0. The van der Waals surface area contributed by atoms with Gasteiger partial charge in [-0.25, -0.2) is 0 Å². The molecule has 0 nitrogen and oxygen atoms in total. The second-order valence-electron chi connectivity index (χ2n) is 6.76. The molecule has 17 heavy (non-hydrogen) atoms. The molecule has 2 aliphatic carbocycles. The van der Waals surface area contributed by atoms with Crippen LogP contribution in [-0.2, 0) is 0 Å². The molecule has 2 saturated carbocycles. The van der Waals surface area contributed by atoms with Gasteiger partial charge in [0, 0.05) is 0 Å². The van der Waals surface area contributed by atoms with E-state index in [0.29, 0.717) is 0 Å². The van der Waals surface area contributed by atoms with Gasteiger partial charge >= 0.3 is 0 Å². The average Bonchev–Trinajstić information content (AvgIpc) is 2.40. The molecular weight excluding hydrogens is 204 g/mol. The maximum Gasteiger partial charge on any atom is -0.0414 e. The molecule has 0 spiro atoms. The van der Waals surface area contributed by atoms with E-state index < -0.39 is 0 Å². The SMILES string of the molecule is CCCC1CCC(CCC2CCCCC2)CC1. The molecule has 0 radical (unpaired) electrons. The highest BCUT2D eigenvalue weighted by Crippen LogP contribution is 2.36. The standard InChI is InChI=1S/C17H32/c1-2-6-15-9-12-17(13-10-15)14-11-16-7-4-3-5-8-16/h15-17H,2-14H2,1H3. The van der Waals surface area contributed by atoms with Crippen molar-refractivity contribution in [3.05, 3.63) is 0 Å². The Hall–Kier alpha value is 0. The first-order valence-electron chi connectivity index (χ1n) is 8.38. The molecule has 0 atom stereocenters. The Morgan fingerprint density at radius 2 is 1.06 bits per heavy atom. The maximum atomic E-state index is 2.34.